The summed E-state index contributed by atoms with van der Waals surface area (Å²) in [5.74, 6) is 1.15. The first kappa shape index (κ1) is 14.2. The van der Waals surface area contributed by atoms with E-state index in [4.69, 9.17) is 4.74 Å². The molecule has 0 bridgehead atoms. The summed E-state index contributed by atoms with van der Waals surface area (Å²) in [7, 11) is 1.63. The van der Waals surface area contributed by atoms with Crippen molar-refractivity contribution in [3.8, 4) is 5.75 Å². The lowest BCUT2D eigenvalue weighted by Crippen LogP contribution is -2.35. The summed E-state index contributed by atoms with van der Waals surface area (Å²) < 4.78 is 5.35. The maximum absolute atomic E-state index is 10.00. The monoisotopic (exact) mass is 265 g/mol. The number of methoxy groups -OCH3 is 1. The summed E-state index contributed by atoms with van der Waals surface area (Å²) >= 11 is 0. The van der Waals surface area contributed by atoms with Crippen LogP contribution in [-0.4, -0.2) is 37.0 Å². The van der Waals surface area contributed by atoms with E-state index in [1.165, 1.54) is 0 Å². The van der Waals surface area contributed by atoms with E-state index in [-0.39, 0.29) is 6.61 Å². The van der Waals surface area contributed by atoms with Crippen LogP contribution in [0.15, 0.2) is 18.2 Å². The third kappa shape index (κ3) is 3.01. The third-order valence-electron chi connectivity index (χ3n) is 3.89. The molecule has 4 heteroatoms. The molecule has 1 aliphatic heterocycles. The largest absolute Gasteiger partial charge is 0.496 e. The third-order valence-corrected chi connectivity index (χ3v) is 3.89. The molecule has 1 aromatic carbocycles. The highest BCUT2D eigenvalue weighted by molar-refractivity contribution is 5.60. The summed E-state index contributed by atoms with van der Waals surface area (Å²) in [6, 6.07) is 5.87. The average Bonchev–Trinajstić information content (AvgIpc) is 2.46. The fourth-order valence-corrected chi connectivity index (χ4v) is 2.76. The van der Waals surface area contributed by atoms with Gasteiger partial charge in [-0.3, -0.25) is 0 Å². The van der Waals surface area contributed by atoms with Crippen molar-refractivity contribution in [2.75, 3.05) is 31.7 Å². The van der Waals surface area contributed by atoms with Crippen LogP contribution in [0, 0.1) is 5.92 Å². The van der Waals surface area contributed by atoms with Crippen LogP contribution in [0.3, 0.4) is 0 Å². The minimum atomic E-state index is -0.554. The van der Waals surface area contributed by atoms with Crippen molar-refractivity contribution in [1.29, 1.82) is 0 Å². The average molecular weight is 265 g/mol. The van der Waals surface area contributed by atoms with Gasteiger partial charge in [-0.1, -0.05) is 6.07 Å². The molecule has 0 amide bonds. The minimum absolute atomic E-state index is 0.273. The Morgan fingerprint density at radius 3 is 2.58 bits per heavy atom. The lowest BCUT2D eigenvalue weighted by Gasteiger charge is -2.35. The molecule has 0 unspecified atom stereocenters. The normalized spacial score (nSPS) is 18.4. The van der Waals surface area contributed by atoms with Crippen LogP contribution in [0.4, 0.5) is 5.69 Å². The zero-order chi connectivity index (χ0) is 13.8. The predicted octanol–water partition coefficient (Wildman–Crippen LogP) is 1.96. The van der Waals surface area contributed by atoms with Gasteiger partial charge in [0.15, 0.2) is 0 Å². The lowest BCUT2D eigenvalue weighted by atomic mass is 9.96. The number of hydrogen-bond acceptors (Lipinski definition) is 4. The van der Waals surface area contributed by atoms with Gasteiger partial charge in [0.2, 0.25) is 0 Å². The quantitative estimate of drug-likeness (QED) is 0.874. The van der Waals surface area contributed by atoms with Crippen molar-refractivity contribution < 1.29 is 14.9 Å². The lowest BCUT2D eigenvalue weighted by molar-refractivity contribution is 0.192. The van der Waals surface area contributed by atoms with Gasteiger partial charge >= 0.3 is 0 Å². The number of nitrogens with zero attached hydrogens (tertiary/aromatic N) is 1. The Morgan fingerprint density at radius 2 is 2.05 bits per heavy atom. The molecule has 1 aliphatic rings. The van der Waals surface area contributed by atoms with Gasteiger partial charge in [-0.05, 0) is 37.8 Å². The van der Waals surface area contributed by atoms with Gasteiger partial charge in [-0.25, -0.2) is 0 Å². The van der Waals surface area contributed by atoms with Crippen molar-refractivity contribution in [2.24, 2.45) is 5.92 Å². The molecule has 0 radical (unpaired) electrons. The van der Waals surface area contributed by atoms with Gasteiger partial charge < -0.3 is 19.8 Å². The SMILES string of the molecule is COc1cccc(N2CCC(CO)CC2)c1[C@H](C)O. The highest BCUT2D eigenvalue weighted by Crippen LogP contribution is 2.36. The van der Waals surface area contributed by atoms with Crippen molar-refractivity contribution in [1.82, 2.24) is 0 Å². The van der Waals surface area contributed by atoms with Crippen LogP contribution < -0.4 is 9.64 Å². The number of benzene rings is 1. The van der Waals surface area contributed by atoms with Crippen molar-refractivity contribution in [2.45, 2.75) is 25.9 Å². The molecule has 0 aromatic heterocycles. The van der Waals surface area contributed by atoms with Crippen molar-refractivity contribution in [3.63, 3.8) is 0 Å². The van der Waals surface area contributed by atoms with Crippen LogP contribution in [0.2, 0.25) is 0 Å². The molecule has 1 aromatic rings. The van der Waals surface area contributed by atoms with Gasteiger partial charge in [0.1, 0.15) is 5.75 Å². The molecule has 0 saturated carbocycles. The first-order chi connectivity index (χ1) is 9.17. The molecule has 1 heterocycles. The molecule has 1 saturated heterocycles. The van der Waals surface area contributed by atoms with E-state index < -0.39 is 6.10 Å². The van der Waals surface area contributed by atoms with Gasteiger partial charge in [0.25, 0.3) is 0 Å². The van der Waals surface area contributed by atoms with Crippen molar-refractivity contribution >= 4 is 5.69 Å². The van der Waals surface area contributed by atoms with Crippen LogP contribution in [0.25, 0.3) is 0 Å². The highest BCUT2D eigenvalue weighted by Gasteiger charge is 2.23. The standard InChI is InChI=1S/C15H23NO3/c1-11(18)15-13(4-3-5-14(15)19-2)16-8-6-12(10-17)7-9-16/h3-5,11-12,17-18H,6-10H2,1-2H3/t11-/m0/s1. The Labute approximate surface area is 114 Å². The number of rotatable bonds is 4. The second-order valence-corrected chi connectivity index (χ2v) is 5.18. The second-order valence-electron chi connectivity index (χ2n) is 5.18. The molecule has 4 nitrogen and oxygen atoms in total. The van der Waals surface area contributed by atoms with Gasteiger partial charge in [0.05, 0.1) is 13.2 Å². The molecular weight excluding hydrogens is 242 g/mol. The summed E-state index contributed by atoms with van der Waals surface area (Å²) in [4.78, 5) is 2.27. The number of piperidine rings is 1. The smallest absolute Gasteiger partial charge is 0.126 e. The Hall–Kier alpha value is -1.26. The molecule has 0 spiro atoms. The fraction of sp³-hybridized carbons (Fsp3) is 0.600. The summed E-state index contributed by atoms with van der Waals surface area (Å²) in [5.41, 5.74) is 1.90. The number of anilines is 1. The fourth-order valence-electron chi connectivity index (χ4n) is 2.76. The summed E-state index contributed by atoms with van der Waals surface area (Å²) in [6.45, 7) is 3.87. The Kier molecular flexibility index (Phi) is 4.66. The van der Waals surface area contributed by atoms with Crippen LogP contribution in [0.1, 0.15) is 31.4 Å². The van der Waals surface area contributed by atoms with Crippen molar-refractivity contribution in [3.05, 3.63) is 23.8 Å². The van der Waals surface area contributed by atoms with Gasteiger partial charge in [-0.2, -0.15) is 0 Å². The van der Waals surface area contributed by atoms with Crippen LogP contribution in [-0.2, 0) is 0 Å². The topological polar surface area (TPSA) is 52.9 Å². The molecular formula is C15H23NO3. The Bertz CT molecular complexity index is 412. The molecule has 106 valence electrons. The zero-order valence-corrected chi connectivity index (χ0v) is 11.7. The predicted molar refractivity (Wildman–Crippen MR) is 75.7 cm³/mol. The molecule has 2 N–H and O–H groups in total. The molecule has 1 atom stereocenters. The second kappa shape index (κ2) is 6.26. The first-order valence-corrected chi connectivity index (χ1v) is 6.88. The Balaban J connectivity index is 2.25. The van der Waals surface area contributed by atoms with Gasteiger partial charge in [0, 0.05) is 30.9 Å². The molecule has 0 aliphatic carbocycles. The number of aliphatic hydroxyl groups is 2. The molecule has 1 fully saturated rings. The summed E-state index contributed by atoms with van der Waals surface area (Å²) in [5, 5.41) is 19.2. The van der Waals surface area contributed by atoms with Crippen LogP contribution in [0.5, 0.6) is 5.75 Å². The van der Waals surface area contributed by atoms with E-state index in [2.05, 4.69) is 4.90 Å². The Morgan fingerprint density at radius 1 is 1.37 bits per heavy atom. The van der Waals surface area contributed by atoms with E-state index in [1.54, 1.807) is 14.0 Å². The number of ether oxygens (including phenoxy) is 1. The number of aliphatic hydroxyl groups excluding tert-OH is 2. The van der Waals surface area contributed by atoms with E-state index in [9.17, 15) is 10.2 Å². The highest BCUT2D eigenvalue weighted by atomic mass is 16.5. The zero-order valence-electron chi connectivity index (χ0n) is 11.7. The molecule has 19 heavy (non-hydrogen) atoms. The maximum Gasteiger partial charge on any atom is 0.126 e. The minimum Gasteiger partial charge on any atom is -0.496 e. The first-order valence-electron chi connectivity index (χ1n) is 6.88. The van der Waals surface area contributed by atoms with E-state index in [1.807, 2.05) is 18.2 Å². The summed E-state index contributed by atoms with van der Waals surface area (Å²) in [6.07, 6.45) is 1.43. The van der Waals surface area contributed by atoms with E-state index >= 15 is 0 Å². The number of hydrogen-bond donors (Lipinski definition) is 2. The maximum atomic E-state index is 10.00. The van der Waals surface area contributed by atoms with Crippen LogP contribution >= 0.6 is 0 Å². The van der Waals surface area contributed by atoms with E-state index in [0.717, 1.165) is 42.9 Å². The van der Waals surface area contributed by atoms with Gasteiger partial charge in [-0.15, -0.1) is 0 Å². The molecule has 2 rings (SSSR count). The van der Waals surface area contributed by atoms with E-state index in [0.29, 0.717) is 5.92 Å².